The predicted octanol–water partition coefficient (Wildman–Crippen LogP) is 1.79. The fourth-order valence-corrected chi connectivity index (χ4v) is 10.4. The Hall–Kier alpha value is -1.72. The maximum absolute atomic E-state index is 6.01. The van der Waals surface area contributed by atoms with Crippen molar-refractivity contribution < 1.29 is 9.47 Å². The van der Waals surface area contributed by atoms with Gasteiger partial charge >= 0.3 is 166 Å². The number of nitrogen functional groups attached to an aromatic ring is 1. The third-order valence-corrected chi connectivity index (χ3v) is 11.7. The van der Waals surface area contributed by atoms with Crippen molar-refractivity contribution >= 4 is 50.7 Å². The van der Waals surface area contributed by atoms with Crippen LogP contribution in [0.2, 0.25) is 14.8 Å². The van der Waals surface area contributed by atoms with Crippen LogP contribution in [-0.4, -0.2) is 51.2 Å². The molecule has 3 aromatic rings. The number of rotatable bonds is 5. The average Bonchev–Trinajstić information content (AvgIpc) is 3.19. The summed E-state index contributed by atoms with van der Waals surface area (Å²) in [6.45, 7) is 1.35. The molecule has 0 saturated carbocycles. The Morgan fingerprint density at radius 2 is 1.93 bits per heavy atom. The van der Waals surface area contributed by atoms with Crippen molar-refractivity contribution in [1.82, 2.24) is 19.5 Å². The molecule has 0 bridgehead atoms. The third kappa shape index (κ3) is 3.43. The number of fused-ring (bicyclic) bond motifs is 2. The summed E-state index contributed by atoms with van der Waals surface area (Å²) in [6.07, 6.45) is 1.46. The van der Waals surface area contributed by atoms with Gasteiger partial charge in [0.2, 0.25) is 0 Å². The Kier molecular flexibility index (Phi) is 4.85. The first kappa shape index (κ1) is 18.6. The van der Waals surface area contributed by atoms with Crippen molar-refractivity contribution in [2.24, 2.45) is 5.73 Å². The van der Waals surface area contributed by atoms with E-state index < -0.39 is 18.4 Å². The third-order valence-electron chi connectivity index (χ3n) is 4.36. The summed E-state index contributed by atoms with van der Waals surface area (Å²) >= 11 is -0.829. The van der Waals surface area contributed by atoms with Crippen LogP contribution in [0.4, 0.5) is 5.82 Å². The summed E-state index contributed by atoms with van der Waals surface area (Å²) in [7, 11) is 0. The Bertz CT molecular complexity index is 1020. The molecule has 0 radical (unpaired) electrons. The molecule has 1 aromatic carbocycles. The fraction of sp³-hybridized carbons (Fsp3) is 0.353. The summed E-state index contributed by atoms with van der Waals surface area (Å²) in [5, 5.41) is 0.804. The number of hydrogen-bond donors (Lipinski definition) is 2. The second-order valence-electron chi connectivity index (χ2n) is 7.32. The van der Waals surface area contributed by atoms with Gasteiger partial charge in [-0.05, 0) is 0 Å². The van der Waals surface area contributed by atoms with Gasteiger partial charge in [0.1, 0.15) is 0 Å². The van der Waals surface area contributed by atoms with E-state index in [0.29, 0.717) is 30.1 Å². The minimum atomic E-state index is -2.43. The second kappa shape index (κ2) is 7.02. The molecule has 0 spiro atoms. The Morgan fingerprint density at radius 1 is 1.19 bits per heavy atom. The molecular weight excluding hydrogens is 471 g/mol. The van der Waals surface area contributed by atoms with Gasteiger partial charge in [-0.3, -0.25) is 0 Å². The Balaban J connectivity index is 1.85. The van der Waals surface area contributed by atoms with Crippen molar-refractivity contribution in [3.63, 3.8) is 0 Å². The summed E-state index contributed by atoms with van der Waals surface area (Å²) in [4.78, 5) is 21.4. The van der Waals surface area contributed by atoms with Crippen LogP contribution in [0.3, 0.4) is 0 Å². The second-order valence-corrected chi connectivity index (χ2v) is 22.7. The van der Waals surface area contributed by atoms with Crippen LogP contribution < -0.4 is 24.5 Å². The summed E-state index contributed by atoms with van der Waals surface area (Å²) in [5.74, 6) is 1.97. The van der Waals surface area contributed by atoms with E-state index in [1.807, 2.05) is 4.57 Å². The van der Waals surface area contributed by atoms with Crippen LogP contribution in [-0.2, 0) is 6.54 Å². The van der Waals surface area contributed by atoms with Crippen molar-refractivity contribution in [2.45, 2.75) is 31.4 Å². The molecule has 0 unspecified atom stereocenters. The van der Waals surface area contributed by atoms with Gasteiger partial charge in [-0.25, -0.2) is 0 Å². The van der Waals surface area contributed by atoms with Crippen LogP contribution in [0.5, 0.6) is 11.5 Å². The van der Waals surface area contributed by atoms with Crippen LogP contribution in [0, 0.1) is 0 Å². The molecule has 2 aromatic heterocycles. The predicted molar refractivity (Wildman–Crippen MR) is 108 cm³/mol. The molecule has 0 saturated heterocycles. The fourth-order valence-electron chi connectivity index (χ4n) is 3.03. The minimum absolute atomic E-state index is 0.264. The molecule has 3 heterocycles. The van der Waals surface area contributed by atoms with Gasteiger partial charge in [-0.1, -0.05) is 0 Å². The van der Waals surface area contributed by atoms with E-state index in [4.69, 9.17) is 25.9 Å². The van der Waals surface area contributed by atoms with Crippen molar-refractivity contribution in [2.75, 3.05) is 19.1 Å². The molecule has 10 heteroatoms. The number of ether oxygens (including phenoxy) is 2. The molecule has 4 rings (SSSR count). The molecular formula is C17H22N6O2SSn. The molecule has 4 N–H and O–H groups in total. The number of aromatic nitrogens is 4. The topological polar surface area (TPSA) is 114 Å². The Labute approximate surface area is 165 Å². The quantitative estimate of drug-likeness (QED) is 0.518. The molecule has 142 valence electrons. The van der Waals surface area contributed by atoms with Gasteiger partial charge in [0.15, 0.2) is 0 Å². The molecule has 0 amide bonds. The van der Waals surface area contributed by atoms with Crippen LogP contribution in [0.1, 0.15) is 0 Å². The Morgan fingerprint density at radius 3 is 2.63 bits per heavy atom. The van der Waals surface area contributed by atoms with E-state index in [9.17, 15) is 0 Å². The van der Waals surface area contributed by atoms with Crippen LogP contribution in [0.15, 0.2) is 28.5 Å². The van der Waals surface area contributed by atoms with Gasteiger partial charge in [0.05, 0.1) is 0 Å². The van der Waals surface area contributed by atoms with Gasteiger partial charge in [-0.15, -0.1) is 0 Å². The number of nitrogens with two attached hydrogens (primary N) is 2. The SMILES string of the molecule is [CH3][Sn]([CH3])([CH3])[c]1cc2c(cc1Sc1nc3c(N)ncnc3n1CCN)OCO2. The number of anilines is 1. The van der Waals surface area contributed by atoms with E-state index in [1.165, 1.54) is 9.91 Å². The van der Waals surface area contributed by atoms with Crippen molar-refractivity contribution in [3.05, 3.63) is 18.5 Å². The van der Waals surface area contributed by atoms with Crippen molar-refractivity contribution in [3.8, 4) is 11.5 Å². The van der Waals surface area contributed by atoms with Gasteiger partial charge < -0.3 is 0 Å². The first-order valence-electron chi connectivity index (χ1n) is 8.67. The summed E-state index contributed by atoms with van der Waals surface area (Å²) in [6, 6.07) is 4.20. The van der Waals surface area contributed by atoms with Gasteiger partial charge in [0, 0.05) is 0 Å². The van der Waals surface area contributed by atoms with Gasteiger partial charge in [0.25, 0.3) is 0 Å². The zero-order valence-electron chi connectivity index (χ0n) is 15.5. The molecule has 8 nitrogen and oxygen atoms in total. The monoisotopic (exact) mass is 494 g/mol. The van der Waals surface area contributed by atoms with E-state index in [0.717, 1.165) is 21.6 Å². The molecule has 0 atom stereocenters. The van der Waals surface area contributed by atoms with Crippen molar-refractivity contribution in [1.29, 1.82) is 0 Å². The molecule has 0 fully saturated rings. The van der Waals surface area contributed by atoms with E-state index in [1.54, 1.807) is 11.8 Å². The molecule has 27 heavy (non-hydrogen) atoms. The molecule has 1 aliphatic heterocycles. The zero-order chi connectivity index (χ0) is 19.2. The summed E-state index contributed by atoms with van der Waals surface area (Å²) in [5.41, 5.74) is 13.1. The molecule has 1 aliphatic rings. The number of nitrogens with zero attached hydrogens (tertiary/aromatic N) is 4. The van der Waals surface area contributed by atoms with E-state index in [-0.39, 0.29) is 6.79 Å². The van der Waals surface area contributed by atoms with Crippen LogP contribution >= 0.6 is 11.8 Å². The van der Waals surface area contributed by atoms with E-state index in [2.05, 4.69) is 36.9 Å². The van der Waals surface area contributed by atoms with Crippen LogP contribution in [0.25, 0.3) is 11.2 Å². The average molecular weight is 493 g/mol. The number of imidazole rings is 1. The number of benzene rings is 1. The first-order valence-corrected chi connectivity index (χ1v) is 19.5. The molecule has 0 aliphatic carbocycles. The van der Waals surface area contributed by atoms with E-state index >= 15 is 0 Å². The zero-order valence-corrected chi connectivity index (χ0v) is 19.2. The first-order chi connectivity index (χ1) is 12.9. The summed E-state index contributed by atoms with van der Waals surface area (Å²) < 4.78 is 14.6. The number of hydrogen-bond acceptors (Lipinski definition) is 8. The standard InChI is InChI=1S/C14H13N6O2S.3CH3.Sn/c15-3-4-20-13-11(12(16)17-6-18-13)19-14(20)23-8-1-2-9-10(5-8)22-7-21-9;;;;/h2,5-6H,3-4,7,15H2,(H2,16,17,18);3*1H3;. The normalized spacial score (nSPS) is 13.5. The van der Waals surface area contributed by atoms with Gasteiger partial charge in [-0.2, -0.15) is 0 Å². The maximum atomic E-state index is 6.01.